The molecule has 4 heteroatoms. The van der Waals surface area contributed by atoms with Crippen LogP contribution in [-0.4, -0.2) is 36.4 Å². The van der Waals surface area contributed by atoms with Gasteiger partial charge in [0.25, 0.3) is 0 Å². The van der Waals surface area contributed by atoms with Gasteiger partial charge >= 0.3 is 0 Å². The summed E-state index contributed by atoms with van der Waals surface area (Å²) in [6, 6.07) is 2.46. The molecule has 0 radical (unpaired) electrons. The highest BCUT2D eigenvalue weighted by Gasteiger charge is 2.20. The molecule has 1 saturated heterocycles. The Morgan fingerprint density at radius 2 is 2.25 bits per heavy atom. The molecule has 0 spiro atoms. The molecule has 16 heavy (non-hydrogen) atoms. The Kier molecular flexibility index (Phi) is 3.74. The second-order valence-electron chi connectivity index (χ2n) is 4.12. The van der Waals surface area contributed by atoms with Crippen LogP contribution in [0.1, 0.15) is 18.4 Å². The minimum Gasteiger partial charge on any atom is -0.392 e. The van der Waals surface area contributed by atoms with E-state index in [9.17, 15) is 5.11 Å². The van der Waals surface area contributed by atoms with E-state index in [-0.39, 0.29) is 6.61 Å². The average Bonchev–Trinajstić information content (AvgIpc) is 2.39. The maximum atomic E-state index is 9.27. The predicted octanol–water partition coefficient (Wildman–Crippen LogP) is 1.19. The van der Waals surface area contributed by atoms with Gasteiger partial charge in [0.1, 0.15) is 0 Å². The number of nitrogens with zero attached hydrogens (tertiary/aromatic N) is 2. The Morgan fingerprint density at radius 3 is 2.94 bits per heavy atom. The van der Waals surface area contributed by atoms with Gasteiger partial charge < -0.3 is 14.7 Å². The van der Waals surface area contributed by atoms with E-state index in [1.165, 1.54) is 0 Å². The molecule has 0 amide bonds. The maximum absolute atomic E-state index is 9.27. The Morgan fingerprint density at radius 1 is 1.50 bits per heavy atom. The monoisotopic (exact) mass is 222 g/mol. The fraction of sp³-hybridized carbons (Fsp3) is 0.583. The van der Waals surface area contributed by atoms with Crippen LogP contribution in [0.4, 0.5) is 5.69 Å². The van der Waals surface area contributed by atoms with Crippen LogP contribution >= 0.6 is 0 Å². The van der Waals surface area contributed by atoms with E-state index in [4.69, 9.17) is 4.74 Å². The molecular weight excluding hydrogens is 204 g/mol. The number of aromatic nitrogens is 1. The van der Waals surface area contributed by atoms with Gasteiger partial charge in [0.05, 0.1) is 6.61 Å². The van der Waals surface area contributed by atoms with Crippen LogP contribution < -0.4 is 4.90 Å². The molecule has 0 aliphatic carbocycles. The van der Waals surface area contributed by atoms with Crippen LogP contribution in [0.15, 0.2) is 18.5 Å². The molecule has 88 valence electrons. The Balaban J connectivity index is 2.15. The molecular formula is C12H18N2O2. The summed E-state index contributed by atoms with van der Waals surface area (Å²) in [6.07, 6.45) is 5.59. The molecule has 0 aromatic carbocycles. The molecule has 1 aliphatic rings. The van der Waals surface area contributed by atoms with Crippen LogP contribution in [0.5, 0.6) is 0 Å². The minimum absolute atomic E-state index is 0.0384. The first-order valence-electron chi connectivity index (χ1n) is 5.67. The van der Waals surface area contributed by atoms with Crippen molar-refractivity contribution in [2.45, 2.75) is 25.5 Å². The summed E-state index contributed by atoms with van der Waals surface area (Å²) < 4.78 is 5.35. The number of ether oxygens (including phenoxy) is 1. The van der Waals surface area contributed by atoms with Crippen molar-refractivity contribution in [2.75, 3.05) is 25.2 Å². The largest absolute Gasteiger partial charge is 0.392 e. The van der Waals surface area contributed by atoms with Gasteiger partial charge in [0.2, 0.25) is 0 Å². The molecule has 1 aromatic heterocycles. The molecule has 0 saturated carbocycles. The molecule has 1 aliphatic heterocycles. The van der Waals surface area contributed by atoms with Gasteiger partial charge in [-0.2, -0.15) is 0 Å². The third-order valence-electron chi connectivity index (χ3n) is 3.17. The lowest BCUT2D eigenvalue weighted by Crippen LogP contribution is -2.37. The van der Waals surface area contributed by atoms with Gasteiger partial charge in [0, 0.05) is 49.9 Å². The number of rotatable bonds is 3. The third-order valence-corrected chi connectivity index (χ3v) is 3.17. The van der Waals surface area contributed by atoms with Crippen LogP contribution in [0.2, 0.25) is 0 Å². The molecule has 1 N–H and O–H groups in total. The second kappa shape index (κ2) is 5.27. The van der Waals surface area contributed by atoms with Crippen molar-refractivity contribution in [2.24, 2.45) is 0 Å². The number of anilines is 1. The van der Waals surface area contributed by atoms with E-state index >= 15 is 0 Å². The number of aliphatic hydroxyl groups is 1. The van der Waals surface area contributed by atoms with E-state index in [1.807, 2.05) is 6.07 Å². The van der Waals surface area contributed by atoms with Gasteiger partial charge in [-0.3, -0.25) is 4.98 Å². The molecule has 0 unspecified atom stereocenters. The van der Waals surface area contributed by atoms with E-state index < -0.39 is 0 Å². The number of pyridine rings is 1. The maximum Gasteiger partial charge on any atom is 0.0717 e. The lowest BCUT2D eigenvalue weighted by atomic mass is 10.1. The summed E-state index contributed by atoms with van der Waals surface area (Å²) in [5, 5.41) is 9.27. The fourth-order valence-electron chi connectivity index (χ4n) is 2.15. The lowest BCUT2D eigenvalue weighted by molar-refractivity contribution is 0.0854. The third kappa shape index (κ3) is 2.33. The molecule has 2 rings (SSSR count). The van der Waals surface area contributed by atoms with Crippen LogP contribution in [-0.2, 0) is 11.3 Å². The highest BCUT2D eigenvalue weighted by atomic mass is 16.5. The summed E-state index contributed by atoms with van der Waals surface area (Å²) in [7, 11) is 2.07. The van der Waals surface area contributed by atoms with Crippen molar-refractivity contribution < 1.29 is 9.84 Å². The van der Waals surface area contributed by atoms with E-state index in [2.05, 4.69) is 16.9 Å². The normalized spacial score (nSPS) is 17.4. The SMILES string of the molecule is CN(c1ccncc1CO)C1CCOCC1. The Labute approximate surface area is 95.9 Å². The zero-order valence-electron chi connectivity index (χ0n) is 9.59. The zero-order valence-corrected chi connectivity index (χ0v) is 9.59. The summed E-state index contributed by atoms with van der Waals surface area (Å²) in [4.78, 5) is 6.26. The standard InChI is InChI=1S/C12H18N2O2/c1-14(11-3-6-16-7-4-11)12-2-5-13-8-10(12)9-15/h2,5,8,11,15H,3-4,6-7,9H2,1H3. The first kappa shape index (κ1) is 11.4. The van der Waals surface area contributed by atoms with Crippen molar-refractivity contribution in [1.82, 2.24) is 4.98 Å². The fourth-order valence-corrected chi connectivity index (χ4v) is 2.15. The zero-order chi connectivity index (χ0) is 11.4. The number of hydrogen-bond donors (Lipinski definition) is 1. The van der Waals surface area contributed by atoms with Crippen molar-refractivity contribution in [3.05, 3.63) is 24.0 Å². The first-order valence-corrected chi connectivity index (χ1v) is 5.67. The van der Waals surface area contributed by atoms with E-state index in [1.54, 1.807) is 12.4 Å². The van der Waals surface area contributed by atoms with Crippen molar-refractivity contribution in [1.29, 1.82) is 0 Å². The molecule has 1 aromatic rings. The quantitative estimate of drug-likeness (QED) is 0.834. The predicted molar refractivity (Wildman–Crippen MR) is 62.4 cm³/mol. The summed E-state index contributed by atoms with van der Waals surface area (Å²) in [5.74, 6) is 0. The second-order valence-corrected chi connectivity index (χ2v) is 4.12. The van der Waals surface area contributed by atoms with Crippen LogP contribution in [0.3, 0.4) is 0 Å². The first-order chi connectivity index (χ1) is 7.83. The van der Waals surface area contributed by atoms with Crippen molar-refractivity contribution in [3.8, 4) is 0 Å². The Hall–Kier alpha value is -1.13. The average molecular weight is 222 g/mol. The smallest absolute Gasteiger partial charge is 0.0717 e. The molecule has 1 fully saturated rings. The summed E-state index contributed by atoms with van der Waals surface area (Å²) >= 11 is 0. The van der Waals surface area contributed by atoms with Gasteiger partial charge in [-0.05, 0) is 18.9 Å². The number of aliphatic hydroxyl groups excluding tert-OH is 1. The molecule has 4 nitrogen and oxygen atoms in total. The Bertz CT molecular complexity index is 338. The van der Waals surface area contributed by atoms with Gasteiger partial charge in [-0.15, -0.1) is 0 Å². The van der Waals surface area contributed by atoms with E-state index in [0.29, 0.717) is 6.04 Å². The molecule has 2 heterocycles. The van der Waals surface area contributed by atoms with Crippen LogP contribution in [0, 0.1) is 0 Å². The highest BCUT2D eigenvalue weighted by molar-refractivity contribution is 5.52. The summed E-state index contributed by atoms with van der Waals surface area (Å²) in [5.41, 5.74) is 1.96. The van der Waals surface area contributed by atoms with E-state index in [0.717, 1.165) is 37.3 Å². The topological polar surface area (TPSA) is 45.6 Å². The summed E-state index contributed by atoms with van der Waals surface area (Å²) in [6.45, 7) is 1.69. The minimum atomic E-state index is 0.0384. The molecule has 0 bridgehead atoms. The van der Waals surface area contributed by atoms with Gasteiger partial charge in [0.15, 0.2) is 0 Å². The van der Waals surface area contributed by atoms with Gasteiger partial charge in [-0.25, -0.2) is 0 Å². The van der Waals surface area contributed by atoms with Crippen molar-refractivity contribution in [3.63, 3.8) is 0 Å². The van der Waals surface area contributed by atoms with Crippen molar-refractivity contribution >= 4 is 5.69 Å². The lowest BCUT2D eigenvalue weighted by Gasteiger charge is -2.33. The van der Waals surface area contributed by atoms with Gasteiger partial charge in [-0.1, -0.05) is 0 Å². The molecule has 0 atom stereocenters. The van der Waals surface area contributed by atoms with Crippen LogP contribution in [0.25, 0.3) is 0 Å². The highest BCUT2D eigenvalue weighted by Crippen LogP contribution is 2.24. The number of hydrogen-bond acceptors (Lipinski definition) is 4.